The molecule has 0 N–H and O–H groups in total. The zero-order valence-corrected chi connectivity index (χ0v) is 13.9. The number of ketones is 1. The fourth-order valence-electron chi connectivity index (χ4n) is 2.44. The van der Waals surface area contributed by atoms with Gasteiger partial charge < -0.3 is 4.74 Å². The molecule has 1 aromatic heterocycles. The number of rotatable bonds is 5. The molecule has 0 spiro atoms. The first-order valence-electron chi connectivity index (χ1n) is 7.19. The van der Waals surface area contributed by atoms with Crippen LogP contribution in [0.4, 0.5) is 5.69 Å². The van der Waals surface area contributed by atoms with Crippen LogP contribution in [0, 0.1) is 10.1 Å². The number of aromatic nitrogens is 1. The zero-order chi connectivity index (χ0) is 17.3. The highest BCUT2D eigenvalue weighted by Gasteiger charge is 2.18. The summed E-state index contributed by atoms with van der Waals surface area (Å²) in [5, 5.41) is 12.0. The van der Waals surface area contributed by atoms with Crippen molar-refractivity contribution in [2.45, 2.75) is 13.3 Å². The van der Waals surface area contributed by atoms with Gasteiger partial charge in [-0.05, 0) is 25.1 Å². The molecule has 0 amide bonds. The summed E-state index contributed by atoms with van der Waals surface area (Å²) in [4.78, 5) is 26.6. The average Bonchev–Trinajstić information content (AvgIpc) is 2.97. The zero-order valence-electron chi connectivity index (χ0n) is 13.1. The largest absolute Gasteiger partial charge is 0.497 e. The third kappa shape index (κ3) is 3.11. The van der Waals surface area contributed by atoms with Crippen LogP contribution in [0.3, 0.4) is 0 Å². The van der Waals surface area contributed by atoms with E-state index in [1.165, 1.54) is 24.3 Å². The molecular weight excluding hydrogens is 328 g/mol. The van der Waals surface area contributed by atoms with Crippen molar-refractivity contribution in [3.05, 3.63) is 52.1 Å². The van der Waals surface area contributed by atoms with Gasteiger partial charge in [0.15, 0.2) is 0 Å². The van der Waals surface area contributed by atoms with E-state index < -0.39 is 4.92 Å². The number of methoxy groups -OCH3 is 1. The van der Waals surface area contributed by atoms with E-state index in [2.05, 4.69) is 4.98 Å². The number of ether oxygens (including phenoxy) is 1. The van der Waals surface area contributed by atoms with Crippen LogP contribution in [0.2, 0.25) is 0 Å². The van der Waals surface area contributed by atoms with Gasteiger partial charge in [-0.1, -0.05) is 12.1 Å². The van der Waals surface area contributed by atoms with Crippen molar-refractivity contribution in [2.24, 2.45) is 0 Å². The van der Waals surface area contributed by atoms with Gasteiger partial charge in [0.2, 0.25) is 0 Å². The number of Topliss-reactive ketones (excluding diaryl/α,β-unsaturated/α-hetero) is 1. The minimum absolute atomic E-state index is 0.0492. The molecule has 0 aliphatic heterocycles. The number of thiazole rings is 1. The maximum absolute atomic E-state index is 11.3. The third-order valence-corrected chi connectivity index (χ3v) is 4.63. The number of hydrogen-bond acceptors (Lipinski definition) is 6. The second kappa shape index (κ2) is 6.37. The lowest BCUT2D eigenvalue weighted by molar-refractivity contribution is -0.385. The van der Waals surface area contributed by atoms with Crippen LogP contribution >= 0.6 is 11.3 Å². The monoisotopic (exact) mass is 342 g/mol. The van der Waals surface area contributed by atoms with Crippen molar-refractivity contribution in [1.82, 2.24) is 4.98 Å². The van der Waals surface area contributed by atoms with E-state index in [9.17, 15) is 14.9 Å². The number of nitro groups is 1. The van der Waals surface area contributed by atoms with Crippen molar-refractivity contribution in [2.75, 3.05) is 7.11 Å². The summed E-state index contributed by atoms with van der Waals surface area (Å²) in [5.74, 6) is 0.624. The molecule has 0 saturated heterocycles. The quantitative estimate of drug-likeness (QED) is 0.517. The van der Waals surface area contributed by atoms with E-state index in [0.717, 1.165) is 16.0 Å². The smallest absolute Gasteiger partial charge is 0.273 e. The molecule has 122 valence electrons. The third-order valence-electron chi connectivity index (χ3n) is 3.56. The summed E-state index contributed by atoms with van der Waals surface area (Å²) >= 11 is 1.44. The van der Waals surface area contributed by atoms with Gasteiger partial charge in [-0.3, -0.25) is 14.9 Å². The Morgan fingerprint density at radius 3 is 2.75 bits per heavy atom. The molecule has 3 aromatic rings. The van der Waals surface area contributed by atoms with E-state index >= 15 is 0 Å². The van der Waals surface area contributed by atoms with Crippen LogP contribution in [-0.2, 0) is 11.2 Å². The first-order chi connectivity index (χ1) is 11.5. The molecule has 0 atom stereocenters. The molecule has 0 aliphatic carbocycles. The molecule has 0 aliphatic rings. The summed E-state index contributed by atoms with van der Waals surface area (Å²) in [7, 11) is 1.60. The molecule has 1 heterocycles. The Balaban J connectivity index is 2.07. The van der Waals surface area contributed by atoms with Crippen molar-refractivity contribution in [3.8, 4) is 16.3 Å². The van der Waals surface area contributed by atoms with Crippen LogP contribution in [0.15, 0.2) is 36.4 Å². The van der Waals surface area contributed by atoms with Gasteiger partial charge in [0.1, 0.15) is 16.5 Å². The van der Waals surface area contributed by atoms with Crippen LogP contribution in [0.25, 0.3) is 20.8 Å². The lowest BCUT2D eigenvalue weighted by atomic mass is 10.0. The first kappa shape index (κ1) is 16.1. The highest BCUT2D eigenvalue weighted by molar-refractivity contribution is 7.21. The second-order valence-corrected chi connectivity index (χ2v) is 6.36. The fraction of sp³-hybridized carbons (Fsp3) is 0.176. The van der Waals surface area contributed by atoms with E-state index in [-0.39, 0.29) is 17.9 Å². The highest BCUT2D eigenvalue weighted by Crippen LogP contribution is 2.34. The van der Waals surface area contributed by atoms with Gasteiger partial charge in [0, 0.05) is 23.6 Å². The highest BCUT2D eigenvalue weighted by atomic mass is 32.1. The van der Waals surface area contributed by atoms with E-state index in [4.69, 9.17) is 4.74 Å². The molecule has 0 fully saturated rings. The molecule has 0 unspecified atom stereocenters. The Bertz CT molecular complexity index is 949. The van der Waals surface area contributed by atoms with Crippen LogP contribution in [0.5, 0.6) is 5.75 Å². The van der Waals surface area contributed by atoms with Gasteiger partial charge in [-0.15, -0.1) is 11.3 Å². The maximum atomic E-state index is 11.3. The van der Waals surface area contributed by atoms with Gasteiger partial charge in [-0.25, -0.2) is 4.98 Å². The number of carbonyl (C=O) groups excluding carboxylic acids is 1. The summed E-state index contributed by atoms with van der Waals surface area (Å²) in [6.45, 7) is 1.42. The Labute approximate surface area is 141 Å². The molecular formula is C17H14N2O4S. The number of nitro benzene ring substituents is 1. The van der Waals surface area contributed by atoms with Gasteiger partial charge in [0.25, 0.3) is 5.69 Å². The molecule has 3 rings (SSSR count). The number of fused-ring (bicyclic) bond motifs is 1. The first-order valence-corrected chi connectivity index (χ1v) is 8.01. The molecule has 0 saturated carbocycles. The Hall–Kier alpha value is -2.80. The van der Waals surface area contributed by atoms with Crippen molar-refractivity contribution < 1.29 is 14.5 Å². The van der Waals surface area contributed by atoms with E-state index in [0.29, 0.717) is 16.1 Å². The summed E-state index contributed by atoms with van der Waals surface area (Å²) in [5.41, 5.74) is 1.83. The molecule has 0 radical (unpaired) electrons. The molecule has 2 aromatic carbocycles. The Kier molecular flexibility index (Phi) is 4.26. The van der Waals surface area contributed by atoms with Crippen LogP contribution in [0.1, 0.15) is 12.5 Å². The van der Waals surface area contributed by atoms with E-state index in [1.54, 1.807) is 19.2 Å². The number of benzene rings is 2. The topological polar surface area (TPSA) is 82.3 Å². The van der Waals surface area contributed by atoms with Crippen LogP contribution < -0.4 is 4.74 Å². The normalized spacial score (nSPS) is 10.8. The minimum Gasteiger partial charge on any atom is -0.497 e. The molecule has 0 bridgehead atoms. The second-order valence-electron chi connectivity index (χ2n) is 5.33. The predicted molar refractivity (Wildman–Crippen MR) is 92.6 cm³/mol. The number of carbonyl (C=O) groups is 1. The summed E-state index contributed by atoms with van der Waals surface area (Å²) in [6.07, 6.45) is 0.0492. The van der Waals surface area contributed by atoms with Gasteiger partial charge in [0.05, 0.1) is 22.2 Å². The Morgan fingerprint density at radius 1 is 1.29 bits per heavy atom. The van der Waals surface area contributed by atoms with Gasteiger partial charge >= 0.3 is 0 Å². The van der Waals surface area contributed by atoms with Crippen molar-refractivity contribution in [1.29, 1.82) is 0 Å². The summed E-state index contributed by atoms with van der Waals surface area (Å²) in [6, 6.07) is 10.4. The van der Waals surface area contributed by atoms with E-state index in [1.807, 2.05) is 18.2 Å². The molecule has 6 nitrogen and oxygen atoms in total. The SMILES string of the molecule is COc1ccc2nc(-c3ccc(CC(C)=O)c([N+](=O)[O-])c3)sc2c1. The predicted octanol–water partition coefficient (Wildman–Crippen LogP) is 4.01. The van der Waals surface area contributed by atoms with Crippen molar-refractivity contribution >= 4 is 33.0 Å². The minimum atomic E-state index is -0.460. The number of hydrogen-bond donors (Lipinski definition) is 0. The van der Waals surface area contributed by atoms with Crippen LogP contribution in [-0.4, -0.2) is 22.8 Å². The molecule has 24 heavy (non-hydrogen) atoms. The lowest BCUT2D eigenvalue weighted by Gasteiger charge is -2.03. The lowest BCUT2D eigenvalue weighted by Crippen LogP contribution is -2.01. The average molecular weight is 342 g/mol. The Morgan fingerprint density at radius 2 is 2.08 bits per heavy atom. The molecule has 7 heteroatoms. The standard InChI is InChI=1S/C17H14N2O4S/c1-10(20)7-11-3-4-12(8-15(11)19(21)22)17-18-14-6-5-13(23-2)9-16(14)24-17/h3-6,8-9H,7H2,1-2H3. The fourth-order valence-corrected chi connectivity index (χ4v) is 3.43. The number of nitrogens with zero attached hydrogens (tertiary/aromatic N) is 2. The van der Waals surface area contributed by atoms with Crippen molar-refractivity contribution in [3.63, 3.8) is 0 Å². The maximum Gasteiger partial charge on any atom is 0.273 e. The van der Waals surface area contributed by atoms with Gasteiger partial charge in [-0.2, -0.15) is 0 Å². The summed E-state index contributed by atoms with van der Waals surface area (Å²) < 4.78 is 6.14.